The Morgan fingerprint density at radius 1 is 1.33 bits per heavy atom. The summed E-state index contributed by atoms with van der Waals surface area (Å²) in [5.41, 5.74) is 1.84. The molecule has 1 aromatic heterocycles. The van der Waals surface area contributed by atoms with Gasteiger partial charge in [0.15, 0.2) is 5.96 Å². The van der Waals surface area contributed by atoms with E-state index < -0.39 is 6.10 Å². The van der Waals surface area contributed by atoms with Crippen molar-refractivity contribution < 1.29 is 5.11 Å². The smallest absolute Gasteiger partial charge is 0.193 e. The SMILES string of the molecule is CN=C(NCC(O)c1cccc(Cl)c1)N(C)Cc1cc(Cl)cn1C. The average Bonchev–Trinajstić information content (AvgIpc) is 2.85. The van der Waals surface area contributed by atoms with Gasteiger partial charge in [-0.2, -0.15) is 0 Å². The minimum absolute atomic E-state index is 0.339. The summed E-state index contributed by atoms with van der Waals surface area (Å²) >= 11 is 12.0. The van der Waals surface area contributed by atoms with Crippen LogP contribution in [0.4, 0.5) is 0 Å². The van der Waals surface area contributed by atoms with Gasteiger partial charge in [-0.25, -0.2) is 0 Å². The normalized spacial score (nSPS) is 13.0. The highest BCUT2D eigenvalue weighted by atomic mass is 35.5. The molecule has 5 nitrogen and oxygen atoms in total. The number of halogens is 2. The number of nitrogens with zero attached hydrogens (tertiary/aromatic N) is 3. The van der Waals surface area contributed by atoms with Crippen LogP contribution in [0.25, 0.3) is 0 Å². The van der Waals surface area contributed by atoms with E-state index in [0.717, 1.165) is 11.3 Å². The van der Waals surface area contributed by atoms with Crippen LogP contribution in [0.15, 0.2) is 41.5 Å². The average molecular weight is 369 g/mol. The van der Waals surface area contributed by atoms with E-state index in [9.17, 15) is 5.11 Å². The zero-order valence-corrected chi connectivity index (χ0v) is 15.5. The van der Waals surface area contributed by atoms with Crippen LogP contribution in [-0.4, -0.2) is 41.2 Å². The fourth-order valence-corrected chi connectivity index (χ4v) is 2.92. The highest BCUT2D eigenvalue weighted by Crippen LogP contribution is 2.17. The lowest BCUT2D eigenvalue weighted by molar-refractivity contribution is 0.179. The first-order valence-electron chi connectivity index (χ1n) is 7.56. The van der Waals surface area contributed by atoms with E-state index in [1.54, 1.807) is 19.2 Å². The molecule has 0 aliphatic rings. The Balaban J connectivity index is 1.95. The summed E-state index contributed by atoms with van der Waals surface area (Å²) in [6, 6.07) is 9.12. The van der Waals surface area contributed by atoms with Crippen LogP contribution >= 0.6 is 23.2 Å². The molecule has 1 atom stereocenters. The number of hydrogen-bond donors (Lipinski definition) is 2. The predicted octanol–water partition coefficient (Wildman–Crippen LogP) is 3.07. The molecule has 130 valence electrons. The minimum Gasteiger partial charge on any atom is -0.387 e. The third-order valence-electron chi connectivity index (χ3n) is 3.73. The van der Waals surface area contributed by atoms with Gasteiger partial charge in [-0.05, 0) is 23.8 Å². The van der Waals surface area contributed by atoms with Crippen molar-refractivity contribution >= 4 is 29.2 Å². The molecule has 24 heavy (non-hydrogen) atoms. The number of aliphatic imine (C=N–C) groups is 1. The van der Waals surface area contributed by atoms with Gasteiger partial charge >= 0.3 is 0 Å². The van der Waals surface area contributed by atoms with Gasteiger partial charge in [-0.3, -0.25) is 4.99 Å². The summed E-state index contributed by atoms with van der Waals surface area (Å²) in [7, 11) is 5.60. The van der Waals surface area contributed by atoms with E-state index in [1.165, 1.54) is 0 Å². The number of aromatic nitrogens is 1. The maximum absolute atomic E-state index is 10.3. The maximum atomic E-state index is 10.3. The Hall–Kier alpha value is -1.69. The maximum Gasteiger partial charge on any atom is 0.193 e. The topological polar surface area (TPSA) is 52.8 Å². The van der Waals surface area contributed by atoms with Crippen LogP contribution in [0.5, 0.6) is 0 Å². The molecule has 0 amide bonds. The van der Waals surface area contributed by atoms with Crippen molar-refractivity contribution in [2.75, 3.05) is 20.6 Å². The lowest BCUT2D eigenvalue weighted by Crippen LogP contribution is -2.40. The van der Waals surface area contributed by atoms with Crippen molar-refractivity contribution in [3.63, 3.8) is 0 Å². The number of guanidine groups is 1. The van der Waals surface area contributed by atoms with Crippen LogP contribution in [0.1, 0.15) is 17.4 Å². The zero-order valence-electron chi connectivity index (χ0n) is 14.0. The predicted molar refractivity (Wildman–Crippen MR) is 99.7 cm³/mol. The second-order valence-corrected chi connectivity index (χ2v) is 6.49. The summed E-state index contributed by atoms with van der Waals surface area (Å²) < 4.78 is 1.98. The lowest BCUT2D eigenvalue weighted by atomic mass is 10.1. The first-order chi connectivity index (χ1) is 11.4. The molecule has 2 N–H and O–H groups in total. The molecule has 0 fully saturated rings. The summed E-state index contributed by atoms with van der Waals surface area (Å²) in [5.74, 6) is 0.688. The molecule has 0 radical (unpaired) electrons. The Morgan fingerprint density at radius 3 is 2.67 bits per heavy atom. The molecule has 7 heteroatoms. The number of aryl methyl sites for hydroxylation is 1. The molecule has 0 spiro atoms. The standard InChI is InChI=1S/C17H22Cl2N4O/c1-20-17(23(3)11-15-8-14(19)10-22(15)2)21-9-16(24)12-5-4-6-13(18)7-12/h4-8,10,16,24H,9,11H2,1-3H3,(H,20,21). The minimum atomic E-state index is -0.668. The molecule has 0 bridgehead atoms. The highest BCUT2D eigenvalue weighted by Gasteiger charge is 2.13. The monoisotopic (exact) mass is 368 g/mol. The summed E-state index contributed by atoms with van der Waals surface area (Å²) in [6.45, 7) is 0.988. The van der Waals surface area contributed by atoms with Gasteiger partial charge in [0.25, 0.3) is 0 Å². The number of benzene rings is 1. The van der Waals surface area contributed by atoms with Gasteiger partial charge < -0.3 is 19.9 Å². The lowest BCUT2D eigenvalue weighted by Gasteiger charge is -2.23. The Bertz CT molecular complexity index is 714. The molecule has 0 aliphatic carbocycles. The quantitative estimate of drug-likeness (QED) is 0.629. The summed E-state index contributed by atoms with van der Waals surface area (Å²) in [6.07, 6.45) is 1.20. The molecule has 2 aromatic rings. The van der Waals surface area contributed by atoms with Gasteiger partial charge in [-0.15, -0.1) is 0 Å². The van der Waals surface area contributed by atoms with Gasteiger partial charge in [0.2, 0.25) is 0 Å². The molecule has 0 aliphatic heterocycles. The highest BCUT2D eigenvalue weighted by molar-refractivity contribution is 6.30. The fraction of sp³-hybridized carbons (Fsp3) is 0.353. The van der Waals surface area contributed by atoms with Gasteiger partial charge in [0, 0.05) is 44.6 Å². The Kier molecular flexibility index (Phi) is 6.54. The third-order valence-corrected chi connectivity index (χ3v) is 4.18. The van der Waals surface area contributed by atoms with Crippen LogP contribution < -0.4 is 5.32 Å². The second kappa shape index (κ2) is 8.42. The Morgan fingerprint density at radius 2 is 2.08 bits per heavy atom. The van der Waals surface area contributed by atoms with Crippen molar-refractivity contribution in [2.24, 2.45) is 12.0 Å². The van der Waals surface area contributed by atoms with Crippen molar-refractivity contribution in [3.05, 3.63) is 57.8 Å². The number of rotatable bonds is 5. The van der Waals surface area contributed by atoms with Crippen LogP contribution in [0, 0.1) is 0 Å². The number of aliphatic hydroxyl groups excluding tert-OH is 1. The van der Waals surface area contributed by atoms with Crippen molar-refractivity contribution in [1.82, 2.24) is 14.8 Å². The van der Waals surface area contributed by atoms with Gasteiger partial charge in [0.05, 0.1) is 17.7 Å². The molecule has 1 aromatic carbocycles. The summed E-state index contributed by atoms with van der Waals surface area (Å²) in [5, 5.41) is 14.8. The van der Waals surface area contributed by atoms with E-state index in [1.807, 2.05) is 48.0 Å². The molecule has 0 saturated heterocycles. The largest absolute Gasteiger partial charge is 0.387 e. The van der Waals surface area contributed by atoms with Crippen molar-refractivity contribution in [2.45, 2.75) is 12.6 Å². The van der Waals surface area contributed by atoms with Crippen LogP contribution in [0.3, 0.4) is 0 Å². The van der Waals surface area contributed by atoms with Gasteiger partial charge in [-0.1, -0.05) is 35.3 Å². The van der Waals surface area contributed by atoms with E-state index in [4.69, 9.17) is 23.2 Å². The zero-order chi connectivity index (χ0) is 17.7. The third kappa shape index (κ3) is 4.90. The van der Waals surface area contributed by atoms with Crippen molar-refractivity contribution in [1.29, 1.82) is 0 Å². The number of nitrogens with one attached hydrogen (secondary N) is 1. The van der Waals surface area contributed by atoms with Gasteiger partial charge in [0.1, 0.15) is 0 Å². The number of hydrogen-bond acceptors (Lipinski definition) is 2. The molecule has 1 unspecified atom stereocenters. The molecular weight excluding hydrogens is 347 g/mol. The van der Waals surface area contributed by atoms with E-state index in [-0.39, 0.29) is 0 Å². The fourth-order valence-electron chi connectivity index (χ4n) is 2.45. The van der Waals surface area contributed by atoms with Crippen molar-refractivity contribution in [3.8, 4) is 0 Å². The molecular formula is C17H22Cl2N4O. The molecule has 1 heterocycles. The second-order valence-electron chi connectivity index (χ2n) is 5.62. The van der Waals surface area contributed by atoms with E-state index in [0.29, 0.717) is 29.1 Å². The molecule has 0 saturated carbocycles. The van der Waals surface area contributed by atoms with E-state index in [2.05, 4.69) is 10.3 Å². The summed E-state index contributed by atoms with van der Waals surface area (Å²) in [4.78, 5) is 6.22. The molecule has 2 rings (SSSR count). The van der Waals surface area contributed by atoms with Crippen LogP contribution in [-0.2, 0) is 13.6 Å². The number of aliphatic hydroxyl groups is 1. The first-order valence-corrected chi connectivity index (χ1v) is 8.32. The Labute approximate surface area is 152 Å². The van der Waals surface area contributed by atoms with Crippen LogP contribution in [0.2, 0.25) is 10.0 Å². The van der Waals surface area contributed by atoms with E-state index >= 15 is 0 Å². The first kappa shape index (κ1) is 18.6.